The minimum absolute atomic E-state index is 0.873. The molecule has 98 valence electrons. The molecule has 0 aliphatic carbocycles. The van der Waals surface area contributed by atoms with Gasteiger partial charge in [-0.1, -0.05) is 0 Å². The van der Waals surface area contributed by atoms with E-state index in [9.17, 15) is 0 Å². The van der Waals surface area contributed by atoms with Gasteiger partial charge >= 0.3 is 125 Å². The molecule has 0 spiro atoms. The zero-order chi connectivity index (χ0) is 13.8. The van der Waals surface area contributed by atoms with Crippen molar-refractivity contribution in [3.63, 3.8) is 0 Å². The summed E-state index contributed by atoms with van der Waals surface area (Å²) in [6.07, 6.45) is 0. The van der Waals surface area contributed by atoms with Gasteiger partial charge in [0.25, 0.3) is 0 Å². The summed E-state index contributed by atoms with van der Waals surface area (Å²) in [4.78, 5) is 0. The molecule has 3 rings (SSSR count). The Morgan fingerprint density at radius 1 is 0.450 bits per heavy atom. The van der Waals surface area contributed by atoms with Crippen LogP contribution < -0.4 is 9.37 Å². The molecule has 20 heavy (non-hydrogen) atoms. The average Bonchev–Trinajstić information content (AvgIpc) is 2.56. The van der Waals surface area contributed by atoms with Gasteiger partial charge < -0.3 is 0 Å². The summed E-state index contributed by atoms with van der Waals surface area (Å²) < 4.78 is 18.8. The van der Waals surface area contributed by atoms with Crippen molar-refractivity contribution < 1.29 is 2.51 Å². The number of benzene rings is 3. The van der Waals surface area contributed by atoms with E-state index in [0.29, 0.717) is 0 Å². The number of rotatable bonds is 3. The zero-order valence-electron chi connectivity index (χ0n) is 11.0. The first kappa shape index (κ1) is 13.5. The minimum atomic E-state index is -4.43. The van der Waals surface area contributed by atoms with Gasteiger partial charge in [0.05, 0.1) is 0 Å². The predicted octanol–water partition coefficient (Wildman–Crippen LogP) is 2.62. The van der Waals surface area contributed by atoms with E-state index in [2.05, 4.69) is 0 Å². The Kier molecular flexibility index (Phi) is 3.96. The average molecular weight is 458 g/mol. The van der Waals surface area contributed by atoms with Crippen LogP contribution in [0, 0.1) is 0 Å². The van der Waals surface area contributed by atoms with Crippen molar-refractivity contribution in [2.75, 3.05) is 0 Å². The number of hydrogen-bond donors (Lipinski definition) is 0. The Labute approximate surface area is 124 Å². The molecule has 0 heterocycles. The SMILES string of the molecule is [F][Pb]([c]1ccccc1)([c]1ccccc1)[c]1ccccc1. The van der Waals surface area contributed by atoms with Gasteiger partial charge in [0.1, 0.15) is 0 Å². The second-order valence-electron chi connectivity index (χ2n) is 4.76. The van der Waals surface area contributed by atoms with Crippen molar-refractivity contribution in [2.45, 2.75) is 0 Å². The fourth-order valence-corrected chi connectivity index (χ4v) is 14.0. The third kappa shape index (κ3) is 2.42. The van der Waals surface area contributed by atoms with Gasteiger partial charge in [-0.2, -0.15) is 0 Å². The van der Waals surface area contributed by atoms with Crippen LogP contribution in [0.5, 0.6) is 0 Å². The molecule has 0 atom stereocenters. The topological polar surface area (TPSA) is 0 Å². The molecular weight excluding hydrogens is 442 g/mol. The standard InChI is InChI=1S/3C6H5.FH.Pb/c3*1-2-4-6-5-3-1;;/h3*1-5H;1H;/q;;;;+1/p-1. The number of hydrogen-bond acceptors (Lipinski definition) is 0. The Hall–Kier alpha value is -1.49. The van der Waals surface area contributed by atoms with E-state index in [4.69, 9.17) is 0 Å². The van der Waals surface area contributed by atoms with E-state index in [0.717, 1.165) is 9.37 Å². The van der Waals surface area contributed by atoms with Crippen molar-refractivity contribution >= 4 is 31.2 Å². The van der Waals surface area contributed by atoms with E-state index in [1.165, 1.54) is 0 Å². The zero-order valence-corrected chi connectivity index (χ0v) is 14.9. The van der Waals surface area contributed by atoms with Gasteiger partial charge in [-0.3, -0.25) is 0 Å². The van der Waals surface area contributed by atoms with E-state index in [-0.39, 0.29) is 0 Å². The van der Waals surface area contributed by atoms with Crippen LogP contribution in [0.15, 0.2) is 91.0 Å². The van der Waals surface area contributed by atoms with Crippen molar-refractivity contribution in [3.8, 4) is 0 Å². The van der Waals surface area contributed by atoms with E-state index >= 15 is 2.51 Å². The van der Waals surface area contributed by atoms with Crippen molar-refractivity contribution in [3.05, 3.63) is 91.0 Å². The first-order valence-corrected chi connectivity index (χ1v) is 14.0. The molecule has 0 saturated heterocycles. The van der Waals surface area contributed by atoms with Gasteiger partial charge in [0.2, 0.25) is 0 Å². The van der Waals surface area contributed by atoms with Crippen molar-refractivity contribution in [2.24, 2.45) is 0 Å². The van der Waals surface area contributed by atoms with E-state index < -0.39 is 21.8 Å². The van der Waals surface area contributed by atoms with Gasteiger partial charge in [-0.15, -0.1) is 0 Å². The molecule has 2 heteroatoms. The van der Waals surface area contributed by atoms with Gasteiger partial charge in [-0.05, 0) is 0 Å². The molecule has 0 unspecified atom stereocenters. The second-order valence-corrected chi connectivity index (χ2v) is 16.6. The third-order valence-corrected chi connectivity index (χ3v) is 16.7. The summed E-state index contributed by atoms with van der Waals surface area (Å²) in [5, 5.41) is 0. The molecule has 0 N–H and O–H groups in total. The van der Waals surface area contributed by atoms with Crippen LogP contribution in [0.1, 0.15) is 0 Å². The fraction of sp³-hybridized carbons (Fsp3) is 0. The summed E-state index contributed by atoms with van der Waals surface area (Å²) in [6, 6.07) is 29.0. The molecule has 0 aliphatic rings. The summed E-state index contributed by atoms with van der Waals surface area (Å²) in [7, 11) is 0. The Balaban J connectivity index is 2.24. The van der Waals surface area contributed by atoms with Gasteiger partial charge in [0.15, 0.2) is 0 Å². The Morgan fingerprint density at radius 2 is 0.700 bits per heavy atom. The van der Waals surface area contributed by atoms with Crippen LogP contribution in [0.3, 0.4) is 0 Å². The van der Waals surface area contributed by atoms with Crippen LogP contribution >= 0.6 is 0 Å². The maximum absolute atomic E-state index is 16.2. The second kappa shape index (κ2) is 5.87. The first-order valence-electron chi connectivity index (χ1n) is 6.67. The van der Waals surface area contributed by atoms with Gasteiger partial charge in [-0.25, -0.2) is 0 Å². The van der Waals surface area contributed by atoms with Crippen molar-refractivity contribution in [1.82, 2.24) is 0 Å². The van der Waals surface area contributed by atoms with Crippen LogP contribution in [-0.4, -0.2) is 21.8 Å². The molecule has 3 aromatic carbocycles. The summed E-state index contributed by atoms with van der Waals surface area (Å²) in [5.74, 6) is 0. The molecular formula is C18H15FPb. The van der Waals surface area contributed by atoms with E-state index in [1.807, 2.05) is 91.0 Å². The number of halogens is 1. The Bertz CT molecular complexity index is 569. The van der Waals surface area contributed by atoms with Crippen LogP contribution in [0.25, 0.3) is 0 Å². The molecule has 0 fully saturated rings. The third-order valence-electron chi connectivity index (χ3n) is 3.51. The van der Waals surface area contributed by atoms with Gasteiger partial charge in [0, 0.05) is 0 Å². The first-order chi connectivity index (χ1) is 9.82. The van der Waals surface area contributed by atoms with Crippen molar-refractivity contribution in [1.29, 1.82) is 0 Å². The molecule has 3 aromatic rings. The molecule has 0 aromatic heterocycles. The summed E-state index contributed by atoms with van der Waals surface area (Å²) in [5.41, 5.74) is 0. The Morgan fingerprint density at radius 3 is 0.950 bits per heavy atom. The summed E-state index contributed by atoms with van der Waals surface area (Å²) >= 11 is -4.43. The molecule has 0 saturated carbocycles. The van der Waals surface area contributed by atoms with E-state index in [1.54, 1.807) is 0 Å². The molecule has 0 nitrogen and oxygen atoms in total. The quantitative estimate of drug-likeness (QED) is 0.531. The van der Waals surface area contributed by atoms with Crippen LogP contribution in [-0.2, 0) is 0 Å². The normalized spacial score (nSPS) is 11.2. The van der Waals surface area contributed by atoms with Crippen LogP contribution in [0.2, 0.25) is 0 Å². The monoisotopic (exact) mass is 458 g/mol. The molecule has 0 radical (unpaired) electrons. The molecule has 0 aliphatic heterocycles. The van der Waals surface area contributed by atoms with Crippen LogP contribution in [0.4, 0.5) is 2.51 Å². The molecule has 0 amide bonds. The summed E-state index contributed by atoms with van der Waals surface area (Å²) in [6.45, 7) is 0. The predicted molar refractivity (Wildman–Crippen MR) is 85.1 cm³/mol. The molecule has 0 bridgehead atoms. The fourth-order valence-electron chi connectivity index (χ4n) is 2.50. The maximum atomic E-state index is 16.2.